The zero-order valence-electron chi connectivity index (χ0n) is 13.9. The molecule has 0 unspecified atom stereocenters. The maximum Gasteiger partial charge on any atom is 0.339 e. The summed E-state index contributed by atoms with van der Waals surface area (Å²) in [5, 5.41) is 2.79. The van der Waals surface area contributed by atoms with Crippen LogP contribution in [0.2, 0.25) is 0 Å². The second-order valence-corrected chi connectivity index (χ2v) is 5.57. The summed E-state index contributed by atoms with van der Waals surface area (Å²) in [5.74, 6) is 0.195. The third kappa shape index (κ3) is 4.09. The normalized spacial score (nSPS) is 13.2. The summed E-state index contributed by atoms with van der Waals surface area (Å²) in [5.41, 5.74) is 1.30. The molecule has 0 saturated carbocycles. The first-order chi connectivity index (χ1) is 12.2. The van der Waals surface area contributed by atoms with E-state index in [1.807, 2.05) is 30.3 Å². The molecule has 3 rings (SSSR count). The van der Waals surface area contributed by atoms with Gasteiger partial charge in [-0.2, -0.15) is 0 Å². The fraction of sp³-hybridized carbons (Fsp3) is 0.263. The molecular weight excluding hydrogens is 322 g/mol. The molecule has 1 aliphatic rings. The van der Waals surface area contributed by atoms with Crippen molar-refractivity contribution in [2.75, 3.05) is 6.79 Å². The summed E-state index contributed by atoms with van der Waals surface area (Å²) < 4.78 is 15.8. The Bertz CT molecular complexity index is 760. The lowest BCUT2D eigenvalue weighted by Gasteiger charge is -2.16. The number of carbonyl (C=O) groups excluding carboxylic acids is 2. The highest BCUT2D eigenvalue weighted by atomic mass is 16.7. The first kappa shape index (κ1) is 16.8. The highest BCUT2D eigenvalue weighted by molar-refractivity contribution is 5.93. The van der Waals surface area contributed by atoms with Crippen molar-refractivity contribution >= 4 is 11.9 Å². The zero-order valence-corrected chi connectivity index (χ0v) is 13.9. The molecule has 0 spiro atoms. The average molecular weight is 341 g/mol. The number of fused-ring (bicyclic) bond motifs is 1. The molecule has 1 heterocycles. The Morgan fingerprint density at radius 3 is 2.64 bits per heavy atom. The molecule has 25 heavy (non-hydrogen) atoms. The van der Waals surface area contributed by atoms with Gasteiger partial charge in [-0.05, 0) is 30.2 Å². The van der Waals surface area contributed by atoms with Gasteiger partial charge >= 0.3 is 5.97 Å². The lowest BCUT2D eigenvalue weighted by molar-refractivity contribution is -0.130. The smallest absolute Gasteiger partial charge is 0.339 e. The Morgan fingerprint density at radius 2 is 1.88 bits per heavy atom. The van der Waals surface area contributed by atoms with E-state index in [1.54, 1.807) is 25.1 Å². The van der Waals surface area contributed by atoms with Crippen LogP contribution in [0.4, 0.5) is 0 Å². The topological polar surface area (TPSA) is 73.9 Å². The van der Waals surface area contributed by atoms with Crippen molar-refractivity contribution in [2.45, 2.75) is 26.0 Å². The molecule has 1 atom stereocenters. The quantitative estimate of drug-likeness (QED) is 0.818. The standard InChI is InChI=1S/C19H19NO5/c1-2-15(18(21)20-11-13-6-4-3-5-7-13)25-19(22)14-8-9-16-17(10-14)24-12-23-16/h3-10,15H,2,11-12H2,1H3,(H,20,21)/t15-/m1/s1. The second-order valence-electron chi connectivity index (χ2n) is 5.57. The Hall–Kier alpha value is -3.02. The van der Waals surface area contributed by atoms with Crippen LogP contribution in [0.5, 0.6) is 11.5 Å². The van der Waals surface area contributed by atoms with Crippen LogP contribution in [0.3, 0.4) is 0 Å². The van der Waals surface area contributed by atoms with Crippen molar-refractivity contribution in [2.24, 2.45) is 0 Å². The van der Waals surface area contributed by atoms with Gasteiger partial charge in [-0.15, -0.1) is 0 Å². The molecule has 0 aliphatic carbocycles. The van der Waals surface area contributed by atoms with Gasteiger partial charge in [0.25, 0.3) is 5.91 Å². The first-order valence-electron chi connectivity index (χ1n) is 8.09. The summed E-state index contributed by atoms with van der Waals surface area (Å²) in [7, 11) is 0. The molecule has 0 radical (unpaired) electrons. The van der Waals surface area contributed by atoms with Crippen molar-refractivity contribution < 1.29 is 23.8 Å². The molecule has 0 bridgehead atoms. The Labute approximate surface area is 145 Å². The Balaban J connectivity index is 1.59. The maximum absolute atomic E-state index is 12.3. The van der Waals surface area contributed by atoms with Gasteiger partial charge in [0.05, 0.1) is 5.56 Å². The van der Waals surface area contributed by atoms with Crippen LogP contribution in [-0.4, -0.2) is 24.8 Å². The molecule has 6 nitrogen and oxygen atoms in total. The van der Waals surface area contributed by atoms with E-state index in [0.29, 0.717) is 30.0 Å². The van der Waals surface area contributed by atoms with E-state index in [2.05, 4.69) is 5.32 Å². The van der Waals surface area contributed by atoms with Crippen LogP contribution >= 0.6 is 0 Å². The predicted molar refractivity (Wildman–Crippen MR) is 90.3 cm³/mol. The lowest BCUT2D eigenvalue weighted by atomic mass is 10.2. The van der Waals surface area contributed by atoms with Crippen LogP contribution in [0.15, 0.2) is 48.5 Å². The van der Waals surface area contributed by atoms with E-state index in [-0.39, 0.29) is 12.7 Å². The number of benzene rings is 2. The minimum atomic E-state index is -0.846. The van der Waals surface area contributed by atoms with Crippen molar-refractivity contribution in [1.82, 2.24) is 5.32 Å². The van der Waals surface area contributed by atoms with Crippen molar-refractivity contribution in [3.63, 3.8) is 0 Å². The first-order valence-corrected chi connectivity index (χ1v) is 8.09. The maximum atomic E-state index is 12.3. The monoisotopic (exact) mass is 341 g/mol. The minimum Gasteiger partial charge on any atom is -0.454 e. The number of carbonyl (C=O) groups is 2. The number of hydrogen-bond acceptors (Lipinski definition) is 5. The number of ether oxygens (including phenoxy) is 3. The molecule has 0 fully saturated rings. The van der Waals surface area contributed by atoms with Crippen LogP contribution < -0.4 is 14.8 Å². The van der Waals surface area contributed by atoms with Crippen LogP contribution in [0.25, 0.3) is 0 Å². The number of esters is 1. The molecular formula is C19H19NO5. The Morgan fingerprint density at radius 1 is 1.12 bits per heavy atom. The van der Waals surface area contributed by atoms with Gasteiger partial charge in [0.2, 0.25) is 6.79 Å². The van der Waals surface area contributed by atoms with Gasteiger partial charge in [0.15, 0.2) is 17.6 Å². The third-order valence-electron chi connectivity index (χ3n) is 3.83. The molecule has 2 aromatic rings. The van der Waals surface area contributed by atoms with Gasteiger partial charge in [0, 0.05) is 6.54 Å². The summed E-state index contributed by atoms with van der Waals surface area (Å²) in [6, 6.07) is 14.3. The summed E-state index contributed by atoms with van der Waals surface area (Å²) in [6.45, 7) is 2.31. The van der Waals surface area contributed by atoms with E-state index in [4.69, 9.17) is 14.2 Å². The lowest BCUT2D eigenvalue weighted by Crippen LogP contribution is -2.37. The van der Waals surface area contributed by atoms with Crippen LogP contribution in [-0.2, 0) is 16.1 Å². The van der Waals surface area contributed by atoms with Crippen molar-refractivity contribution in [1.29, 1.82) is 0 Å². The predicted octanol–water partition coefficient (Wildman–Crippen LogP) is 2.67. The molecule has 0 saturated heterocycles. The third-order valence-corrected chi connectivity index (χ3v) is 3.83. The Kier molecular flexibility index (Phi) is 5.18. The van der Waals surface area contributed by atoms with Gasteiger partial charge < -0.3 is 19.5 Å². The SMILES string of the molecule is CC[C@@H](OC(=O)c1ccc2c(c1)OCO2)C(=O)NCc1ccccc1. The van der Waals surface area contributed by atoms with E-state index >= 15 is 0 Å². The minimum absolute atomic E-state index is 0.132. The van der Waals surface area contributed by atoms with E-state index < -0.39 is 12.1 Å². The van der Waals surface area contributed by atoms with E-state index in [1.165, 1.54) is 0 Å². The molecule has 0 aromatic heterocycles. The average Bonchev–Trinajstić information content (AvgIpc) is 3.12. The molecule has 6 heteroatoms. The van der Waals surface area contributed by atoms with Gasteiger partial charge in [-0.3, -0.25) is 4.79 Å². The number of amides is 1. The second kappa shape index (κ2) is 7.70. The van der Waals surface area contributed by atoms with Gasteiger partial charge in [0.1, 0.15) is 0 Å². The summed E-state index contributed by atoms with van der Waals surface area (Å²) in [6.07, 6.45) is -0.460. The fourth-order valence-corrected chi connectivity index (χ4v) is 2.44. The zero-order chi connectivity index (χ0) is 17.6. The number of rotatable bonds is 6. The number of hydrogen-bond donors (Lipinski definition) is 1. The highest BCUT2D eigenvalue weighted by Gasteiger charge is 2.23. The summed E-state index contributed by atoms with van der Waals surface area (Å²) in [4.78, 5) is 24.6. The largest absolute Gasteiger partial charge is 0.454 e. The van der Waals surface area contributed by atoms with E-state index in [0.717, 1.165) is 5.56 Å². The molecule has 1 N–H and O–H groups in total. The van der Waals surface area contributed by atoms with Crippen LogP contribution in [0, 0.1) is 0 Å². The summed E-state index contributed by atoms with van der Waals surface area (Å²) >= 11 is 0. The van der Waals surface area contributed by atoms with E-state index in [9.17, 15) is 9.59 Å². The van der Waals surface area contributed by atoms with Gasteiger partial charge in [-0.25, -0.2) is 4.79 Å². The van der Waals surface area contributed by atoms with Crippen molar-refractivity contribution in [3.8, 4) is 11.5 Å². The molecule has 1 aliphatic heterocycles. The number of nitrogens with one attached hydrogen (secondary N) is 1. The molecule has 2 aromatic carbocycles. The highest BCUT2D eigenvalue weighted by Crippen LogP contribution is 2.32. The van der Waals surface area contributed by atoms with Gasteiger partial charge in [-0.1, -0.05) is 37.3 Å². The fourth-order valence-electron chi connectivity index (χ4n) is 2.44. The molecule has 1 amide bonds. The van der Waals surface area contributed by atoms with Crippen LogP contribution in [0.1, 0.15) is 29.3 Å². The molecule has 130 valence electrons. The van der Waals surface area contributed by atoms with Crippen molar-refractivity contribution in [3.05, 3.63) is 59.7 Å².